The molecule has 43 heteroatoms. The maximum atomic E-state index is 13.9. The van der Waals surface area contributed by atoms with Crippen molar-refractivity contribution in [2.24, 2.45) is 7.05 Å². The molecule has 38 nitrogen and oxygen atoms in total. The van der Waals surface area contributed by atoms with Gasteiger partial charge in [-0.3, -0.25) is 51.3 Å². The van der Waals surface area contributed by atoms with Gasteiger partial charge in [0.1, 0.15) is 73.5 Å². The summed E-state index contributed by atoms with van der Waals surface area (Å²) in [4.78, 5) is 107. The van der Waals surface area contributed by atoms with Gasteiger partial charge in [-0.2, -0.15) is 4.98 Å². The number of hydrogen-bond donors (Lipinski definition) is 7. The number of nitrogen functional groups attached to an aromatic ring is 3. The number of hydrogen-bond acceptors (Lipinski definition) is 33. The van der Waals surface area contributed by atoms with E-state index in [1.54, 1.807) is 13.8 Å². The quantitative estimate of drug-likeness (QED) is 0.0247. The minimum Gasteiger partial charge on any atom is -0.779 e. The summed E-state index contributed by atoms with van der Waals surface area (Å²) in [5, 5.41) is 22.5. The Morgan fingerprint density at radius 2 is 1.33 bits per heavy atom. The third-order valence-corrected chi connectivity index (χ3v) is 18.2. The second-order valence-corrected chi connectivity index (χ2v) is 25.0. The van der Waals surface area contributed by atoms with Gasteiger partial charge in [0, 0.05) is 14.2 Å². The highest BCUT2D eigenvalue weighted by Crippen LogP contribution is 2.63. The van der Waals surface area contributed by atoms with Crippen molar-refractivity contribution in [3.63, 3.8) is 0 Å². The molecule has 0 aliphatic carbocycles. The molecule has 7 unspecified atom stereocenters. The van der Waals surface area contributed by atoms with Gasteiger partial charge in [0.2, 0.25) is 17.7 Å². The number of imidazole rings is 3. The summed E-state index contributed by atoms with van der Waals surface area (Å²) in [7, 11) is -14.3. The third kappa shape index (κ3) is 12.3. The Balaban J connectivity index is 0.882. The predicted molar refractivity (Wildman–Crippen MR) is 256 cm³/mol. The van der Waals surface area contributed by atoms with E-state index in [1.165, 1.54) is 38.0 Å². The molecule has 79 heavy (non-hydrogen) atoms. The lowest BCUT2D eigenvalue weighted by atomic mass is 10.1. The van der Waals surface area contributed by atoms with Gasteiger partial charge in [-0.15, -0.1) is 0 Å². The molecular formula is C36H48N15O23P4S-3. The van der Waals surface area contributed by atoms with Gasteiger partial charge in [-0.25, -0.2) is 28.8 Å². The molecule has 3 aliphatic rings. The first-order valence-electron chi connectivity index (χ1n) is 22.8. The molecule has 9 heterocycles. The predicted octanol–water partition coefficient (Wildman–Crippen LogP) is -5.04. The van der Waals surface area contributed by atoms with Crippen LogP contribution in [0.4, 0.5) is 17.7 Å². The van der Waals surface area contributed by atoms with Gasteiger partial charge >= 0.3 is 5.65 Å². The van der Waals surface area contributed by atoms with E-state index in [9.17, 15) is 53.1 Å². The summed E-state index contributed by atoms with van der Waals surface area (Å²) in [5.74, 6) is -0.632. The summed E-state index contributed by atoms with van der Waals surface area (Å²) >= 11 is 4.78. The second kappa shape index (κ2) is 22.6. The van der Waals surface area contributed by atoms with Crippen LogP contribution in [0.3, 0.4) is 0 Å². The van der Waals surface area contributed by atoms with Crippen LogP contribution < -0.4 is 52.5 Å². The Kier molecular flexibility index (Phi) is 16.8. The van der Waals surface area contributed by atoms with E-state index in [4.69, 9.17) is 75.5 Å². The second-order valence-electron chi connectivity index (χ2n) is 17.8. The smallest absolute Gasteiger partial charge is 0.313 e. The van der Waals surface area contributed by atoms with Crippen LogP contribution in [0.2, 0.25) is 0 Å². The van der Waals surface area contributed by atoms with E-state index in [2.05, 4.69) is 48.5 Å². The molecule has 0 saturated carbocycles. The number of nitrogens with one attached hydrogen (secondary N) is 2. The Morgan fingerprint density at radius 1 is 0.734 bits per heavy atom. The van der Waals surface area contributed by atoms with Gasteiger partial charge in [0.05, 0.1) is 45.6 Å². The fourth-order valence-corrected chi connectivity index (χ4v) is 14.3. The molecule has 434 valence electrons. The van der Waals surface area contributed by atoms with Crippen molar-refractivity contribution in [2.45, 2.75) is 93.6 Å². The number of aliphatic hydroxyl groups excluding tert-OH is 2. The number of aromatic amines is 2. The molecule has 0 radical (unpaired) electrons. The summed E-state index contributed by atoms with van der Waals surface area (Å²) < 4.78 is 109. The first-order valence-corrected chi connectivity index (χ1v) is 29.8. The number of anilines is 3. The van der Waals surface area contributed by atoms with Crippen molar-refractivity contribution in [1.82, 2.24) is 53.6 Å². The van der Waals surface area contributed by atoms with Crippen LogP contribution in [-0.4, -0.2) is 159 Å². The SMILES string of the molecule is COC1[C@@H](OP(=O)([O-])OC[C@H]2O[C@@H](n3cnc4c(=O)[nH]c(N)nc43)C(O)[C@H]2OC(C)C)[C@@H](COP([O-])(=S)OP(=O)([O-])OP(=O)([O-])OC[C@H]2O[C@@H]([n+]3cn(C)c4c(=O)[nH]c(N)nc43)C(O)[C@H]2OC)O[C@H]1n1cnc2c(N)ncnc21. The molecule has 3 saturated heterocycles. The van der Waals surface area contributed by atoms with Crippen LogP contribution in [0.1, 0.15) is 32.5 Å². The number of aliphatic hydroxyl groups is 2. The summed E-state index contributed by atoms with van der Waals surface area (Å²) in [6, 6.07) is 0. The average Bonchev–Trinajstić information content (AvgIpc) is 4.40. The summed E-state index contributed by atoms with van der Waals surface area (Å²) in [6.07, 6.45) is -14.0. The number of ether oxygens (including phenoxy) is 6. The van der Waals surface area contributed by atoms with Crippen LogP contribution in [0.5, 0.6) is 0 Å². The molecule has 6 aromatic rings. The Labute approximate surface area is 446 Å². The van der Waals surface area contributed by atoms with E-state index in [-0.39, 0.29) is 51.2 Å². The summed E-state index contributed by atoms with van der Waals surface area (Å²) in [6.45, 7) is -5.35. The van der Waals surface area contributed by atoms with E-state index in [0.717, 1.165) is 26.9 Å². The topological polar surface area (TPSA) is 534 Å². The van der Waals surface area contributed by atoms with Crippen molar-refractivity contribution in [3.05, 3.63) is 46.0 Å². The number of aryl methyl sites for hydroxylation is 1. The molecular weight excluding hydrogens is 1170 g/mol. The first-order chi connectivity index (χ1) is 37.1. The number of phosphoric ester groups is 2. The van der Waals surface area contributed by atoms with Crippen molar-refractivity contribution in [1.29, 1.82) is 0 Å². The average molecular weight is 1210 g/mol. The normalized spacial score (nSPS) is 29.6. The number of rotatable bonds is 22. The number of aromatic nitrogens is 12. The molecule has 0 spiro atoms. The number of H-pyrrole nitrogens is 2. The van der Waals surface area contributed by atoms with Crippen LogP contribution in [0.15, 0.2) is 34.9 Å². The van der Waals surface area contributed by atoms with E-state index >= 15 is 0 Å². The largest absolute Gasteiger partial charge is 0.779 e. The third-order valence-electron chi connectivity index (χ3n) is 12.2. The Bertz CT molecular complexity index is 3570. The number of nitrogens with two attached hydrogens (primary N) is 3. The Hall–Kier alpha value is -4.73. The van der Waals surface area contributed by atoms with Crippen molar-refractivity contribution < 1.29 is 103 Å². The number of fused-ring (bicyclic) bond motifs is 3. The Morgan fingerprint density at radius 3 is 2.01 bits per heavy atom. The lowest BCUT2D eigenvalue weighted by Gasteiger charge is -2.37. The van der Waals surface area contributed by atoms with Crippen molar-refractivity contribution >= 4 is 93.2 Å². The van der Waals surface area contributed by atoms with Crippen LogP contribution in [0.25, 0.3) is 33.5 Å². The molecule has 0 aromatic carbocycles. The lowest BCUT2D eigenvalue weighted by molar-refractivity contribution is -0.745. The van der Waals surface area contributed by atoms with E-state index < -0.39 is 141 Å². The molecule has 9 rings (SSSR count). The fourth-order valence-electron chi connectivity index (χ4n) is 9.01. The molecule has 0 bridgehead atoms. The molecule has 10 N–H and O–H groups in total. The zero-order chi connectivity index (χ0) is 57.3. The van der Waals surface area contributed by atoms with Gasteiger partial charge in [-0.05, 0) is 13.8 Å². The number of phosphoric acid groups is 3. The zero-order valence-corrected chi connectivity index (χ0v) is 45.7. The molecule has 6 aromatic heterocycles. The van der Waals surface area contributed by atoms with Gasteiger partial charge in [0.25, 0.3) is 40.5 Å². The molecule has 3 fully saturated rings. The minimum absolute atomic E-state index is 0.0180. The standard InChI is InChI=1S/C36H51N15O23P4S/c1-13(2)68-23-15(70-32(21(23)53)50-11-43-18-28(50)44-35(38)46-30(18)54)7-65-75(56,57)72-24-16(71-34(25(24)64-5)49-10-42-17-26(37)40-9-41-27(17)49)8-67-78(62,79)74-77(60,61)73-76(58,59)66-6-14-22(63-4)20(52)33(69-14)51-12-48(3)19-29(51)45-36(39)47-31(19)55/h9-16,20-25,32-34,52-53H,6-8H2,1-5H3,(H11-,37,38,39,40,41,44,45,46,47,54,55,56,57,58,59,60,61,62,79)/p-3/t14-,15-,16-,20?,21?,22+,23+,24+,25?,32-,33-,34-,78?/m1/s1. The zero-order valence-electron chi connectivity index (χ0n) is 41.3. The van der Waals surface area contributed by atoms with E-state index in [0.29, 0.717) is 0 Å². The van der Waals surface area contributed by atoms with Crippen molar-refractivity contribution in [3.8, 4) is 0 Å². The van der Waals surface area contributed by atoms with E-state index in [1.807, 2.05) is 0 Å². The van der Waals surface area contributed by atoms with Crippen molar-refractivity contribution in [2.75, 3.05) is 51.2 Å². The molecule has 0 amide bonds. The van der Waals surface area contributed by atoms with Crippen LogP contribution in [-0.2, 0) is 87.7 Å². The molecule has 16 atom stereocenters. The van der Waals surface area contributed by atoms with Gasteiger partial charge in [-0.1, -0.05) is 16.8 Å². The highest BCUT2D eigenvalue weighted by atomic mass is 32.5. The maximum absolute atomic E-state index is 13.9. The monoisotopic (exact) mass is 1210 g/mol. The first kappa shape index (κ1) is 58.9. The summed E-state index contributed by atoms with van der Waals surface area (Å²) in [5.41, 5.74) is 15.9. The highest BCUT2D eigenvalue weighted by Gasteiger charge is 2.52. The lowest BCUT2D eigenvalue weighted by Crippen LogP contribution is -2.46. The van der Waals surface area contributed by atoms with Crippen LogP contribution >= 0.6 is 30.2 Å². The number of methoxy groups -OCH3 is 2. The number of nitrogens with zero attached hydrogens (tertiary/aromatic N) is 10. The van der Waals surface area contributed by atoms with Crippen LogP contribution in [0, 0.1) is 0 Å². The highest BCUT2D eigenvalue weighted by molar-refractivity contribution is 8.07. The fraction of sp³-hybridized carbons (Fsp3) is 0.583. The van der Waals surface area contributed by atoms with Gasteiger partial charge < -0.3 is 93.5 Å². The molecule has 3 aliphatic heterocycles. The minimum atomic E-state index is -6.36. The van der Waals surface area contributed by atoms with Gasteiger partial charge in [0.15, 0.2) is 41.4 Å². The maximum Gasteiger partial charge on any atom is 0.313 e.